The fourth-order valence-electron chi connectivity index (χ4n) is 1.58. The first kappa shape index (κ1) is 10.8. The smallest absolute Gasteiger partial charge is 0.129 e. The zero-order valence-corrected chi connectivity index (χ0v) is 8.89. The second-order valence-electron chi connectivity index (χ2n) is 3.71. The fourth-order valence-corrected chi connectivity index (χ4v) is 1.58. The molecule has 0 spiro atoms. The number of pyridine rings is 1. The normalized spacial score (nSPS) is 12.4. The molecular weight excluding hydrogens is 205 g/mol. The van der Waals surface area contributed by atoms with Crippen LogP contribution in [0, 0.1) is 12.7 Å². The molecule has 16 heavy (non-hydrogen) atoms. The predicted molar refractivity (Wildman–Crippen MR) is 59.4 cm³/mol. The number of aliphatic hydroxyl groups is 1. The van der Waals surface area contributed by atoms with Gasteiger partial charge in [0.2, 0.25) is 0 Å². The van der Waals surface area contributed by atoms with Crippen molar-refractivity contribution >= 4 is 0 Å². The van der Waals surface area contributed by atoms with E-state index in [9.17, 15) is 9.50 Å². The molecule has 82 valence electrons. The number of nitrogens with zero attached hydrogens (tertiary/aromatic N) is 1. The average Bonchev–Trinajstić information content (AvgIpc) is 2.29. The first-order valence-corrected chi connectivity index (χ1v) is 5.02. The molecule has 1 N–H and O–H groups in total. The summed E-state index contributed by atoms with van der Waals surface area (Å²) in [5.41, 5.74) is 1.76. The van der Waals surface area contributed by atoms with Crippen LogP contribution in [0.3, 0.4) is 0 Å². The highest BCUT2D eigenvalue weighted by Crippen LogP contribution is 2.24. The third-order valence-electron chi connectivity index (χ3n) is 2.47. The fraction of sp³-hybridized carbons (Fsp3) is 0.154. The zero-order chi connectivity index (χ0) is 11.5. The van der Waals surface area contributed by atoms with Crippen molar-refractivity contribution in [3.63, 3.8) is 0 Å². The van der Waals surface area contributed by atoms with Crippen molar-refractivity contribution in [3.8, 4) is 0 Å². The van der Waals surface area contributed by atoms with Gasteiger partial charge in [0.1, 0.15) is 11.9 Å². The van der Waals surface area contributed by atoms with Crippen molar-refractivity contribution in [2.24, 2.45) is 0 Å². The lowest BCUT2D eigenvalue weighted by Gasteiger charge is -2.12. The van der Waals surface area contributed by atoms with Gasteiger partial charge in [-0.1, -0.05) is 12.1 Å². The van der Waals surface area contributed by atoms with E-state index in [2.05, 4.69) is 4.98 Å². The molecule has 0 amide bonds. The summed E-state index contributed by atoms with van der Waals surface area (Å²) in [6, 6.07) is 8.15. The minimum Gasteiger partial charge on any atom is -0.384 e. The molecule has 0 bridgehead atoms. The summed E-state index contributed by atoms with van der Waals surface area (Å²) in [4.78, 5) is 3.85. The maximum absolute atomic E-state index is 13.6. The molecular formula is C13H12FNO. The molecule has 0 saturated heterocycles. The molecule has 0 fully saturated rings. The summed E-state index contributed by atoms with van der Waals surface area (Å²) >= 11 is 0. The monoisotopic (exact) mass is 217 g/mol. The SMILES string of the molecule is Cc1ccc(C(O)c2ccncc2)c(F)c1. The van der Waals surface area contributed by atoms with E-state index >= 15 is 0 Å². The van der Waals surface area contributed by atoms with E-state index in [4.69, 9.17) is 0 Å². The van der Waals surface area contributed by atoms with E-state index in [0.29, 0.717) is 5.56 Å². The molecule has 2 aromatic rings. The lowest BCUT2D eigenvalue weighted by atomic mass is 10.0. The summed E-state index contributed by atoms with van der Waals surface area (Å²) in [5, 5.41) is 10.00. The van der Waals surface area contributed by atoms with Crippen LogP contribution in [0.15, 0.2) is 42.7 Å². The molecule has 0 aliphatic rings. The van der Waals surface area contributed by atoms with Gasteiger partial charge in [-0.3, -0.25) is 4.98 Å². The molecule has 0 saturated carbocycles. The number of benzene rings is 1. The van der Waals surface area contributed by atoms with Crippen LogP contribution in [-0.2, 0) is 0 Å². The number of aryl methyl sites for hydroxylation is 1. The van der Waals surface area contributed by atoms with E-state index in [1.54, 1.807) is 36.7 Å². The molecule has 3 heteroatoms. The summed E-state index contributed by atoms with van der Waals surface area (Å²) in [5.74, 6) is -0.385. The minimum atomic E-state index is -0.941. The maximum Gasteiger partial charge on any atom is 0.129 e. The van der Waals surface area contributed by atoms with Gasteiger partial charge in [0.25, 0.3) is 0 Å². The Balaban J connectivity index is 2.38. The molecule has 2 nitrogen and oxygen atoms in total. The maximum atomic E-state index is 13.6. The van der Waals surface area contributed by atoms with Gasteiger partial charge in [-0.15, -0.1) is 0 Å². The van der Waals surface area contributed by atoms with Crippen LogP contribution in [0.25, 0.3) is 0 Å². The summed E-state index contributed by atoms with van der Waals surface area (Å²) < 4.78 is 13.6. The second-order valence-corrected chi connectivity index (χ2v) is 3.71. The summed E-state index contributed by atoms with van der Waals surface area (Å²) in [6.07, 6.45) is 2.21. The molecule has 1 aromatic carbocycles. The van der Waals surface area contributed by atoms with Crippen LogP contribution in [-0.4, -0.2) is 10.1 Å². The minimum absolute atomic E-state index is 0.289. The topological polar surface area (TPSA) is 33.1 Å². The third-order valence-corrected chi connectivity index (χ3v) is 2.47. The van der Waals surface area contributed by atoms with Gasteiger partial charge in [0.15, 0.2) is 0 Å². The first-order chi connectivity index (χ1) is 7.68. The summed E-state index contributed by atoms with van der Waals surface area (Å²) in [6.45, 7) is 1.81. The molecule has 0 aliphatic carbocycles. The lowest BCUT2D eigenvalue weighted by Crippen LogP contribution is -2.02. The van der Waals surface area contributed by atoms with Gasteiger partial charge in [-0.05, 0) is 36.2 Å². The lowest BCUT2D eigenvalue weighted by molar-refractivity contribution is 0.215. The largest absolute Gasteiger partial charge is 0.384 e. The molecule has 0 aliphatic heterocycles. The van der Waals surface area contributed by atoms with Crippen molar-refractivity contribution in [1.29, 1.82) is 0 Å². The van der Waals surface area contributed by atoms with Crippen molar-refractivity contribution in [1.82, 2.24) is 4.98 Å². The Labute approximate surface area is 93.4 Å². The molecule has 1 unspecified atom stereocenters. The Kier molecular flexibility index (Phi) is 2.97. The highest BCUT2D eigenvalue weighted by atomic mass is 19.1. The third kappa shape index (κ3) is 2.09. The highest BCUT2D eigenvalue weighted by Gasteiger charge is 2.14. The van der Waals surface area contributed by atoms with Gasteiger partial charge in [0.05, 0.1) is 0 Å². The van der Waals surface area contributed by atoms with E-state index in [1.165, 1.54) is 6.07 Å². The van der Waals surface area contributed by atoms with Gasteiger partial charge < -0.3 is 5.11 Å². The van der Waals surface area contributed by atoms with E-state index < -0.39 is 6.10 Å². The Bertz CT molecular complexity index is 485. The van der Waals surface area contributed by atoms with Crippen molar-refractivity contribution in [3.05, 3.63) is 65.2 Å². The van der Waals surface area contributed by atoms with Crippen molar-refractivity contribution in [2.45, 2.75) is 13.0 Å². The van der Waals surface area contributed by atoms with E-state index in [-0.39, 0.29) is 11.4 Å². The Morgan fingerprint density at radius 1 is 1.19 bits per heavy atom. The van der Waals surface area contributed by atoms with Crippen molar-refractivity contribution < 1.29 is 9.50 Å². The van der Waals surface area contributed by atoms with Gasteiger partial charge in [-0.2, -0.15) is 0 Å². The quantitative estimate of drug-likeness (QED) is 0.838. The number of aliphatic hydroxyl groups excluding tert-OH is 1. The summed E-state index contributed by atoms with van der Waals surface area (Å²) in [7, 11) is 0. The van der Waals surface area contributed by atoms with Gasteiger partial charge >= 0.3 is 0 Å². The molecule has 0 radical (unpaired) electrons. The van der Waals surface area contributed by atoms with E-state index in [0.717, 1.165) is 5.56 Å². The Morgan fingerprint density at radius 2 is 1.88 bits per heavy atom. The highest BCUT2D eigenvalue weighted by molar-refractivity contribution is 5.31. The van der Waals surface area contributed by atoms with Crippen LogP contribution in [0.2, 0.25) is 0 Å². The number of halogens is 1. The van der Waals surface area contributed by atoms with Crippen LogP contribution < -0.4 is 0 Å². The second kappa shape index (κ2) is 4.41. The van der Waals surface area contributed by atoms with E-state index in [1.807, 2.05) is 6.92 Å². The van der Waals surface area contributed by atoms with Crippen LogP contribution in [0.1, 0.15) is 22.8 Å². The average molecular weight is 217 g/mol. The number of hydrogen-bond acceptors (Lipinski definition) is 2. The van der Waals surface area contributed by atoms with Crippen LogP contribution in [0.5, 0.6) is 0 Å². The standard InChI is InChI=1S/C13H12FNO/c1-9-2-3-11(12(14)8-9)13(16)10-4-6-15-7-5-10/h2-8,13,16H,1H3. The number of rotatable bonds is 2. The molecule has 1 atom stereocenters. The van der Waals surface area contributed by atoms with Gasteiger partial charge in [0, 0.05) is 18.0 Å². The van der Waals surface area contributed by atoms with Crippen LogP contribution >= 0.6 is 0 Å². The van der Waals surface area contributed by atoms with Crippen molar-refractivity contribution in [2.75, 3.05) is 0 Å². The molecule has 1 heterocycles. The van der Waals surface area contributed by atoms with Gasteiger partial charge in [-0.25, -0.2) is 4.39 Å². The Morgan fingerprint density at radius 3 is 2.50 bits per heavy atom. The predicted octanol–water partition coefficient (Wildman–Crippen LogP) is 2.61. The Hall–Kier alpha value is -1.74. The first-order valence-electron chi connectivity index (χ1n) is 5.02. The number of aromatic nitrogens is 1. The van der Waals surface area contributed by atoms with Crippen LogP contribution in [0.4, 0.5) is 4.39 Å². The molecule has 2 rings (SSSR count). The molecule has 1 aromatic heterocycles. The number of hydrogen-bond donors (Lipinski definition) is 1. The zero-order valence-electron chi connectivity index (χ0n) is 8.89.